The molecule has 1 aromatic rings. The van der Waals surface area contributed by atoms with Crippen LogP contribution in [0.15, 0.2) is 6.33 Å². The molecule has 0 unspecified atom stereocenters. The Kier molecular flexibility index (Phi) is 3.91. The molecule has 0 radical (unpaired) electrons. The highest BCUT2D eigenvalue weighted by molar-refractivity contribution is 5.67. The molecule has 0 bridgehead atoms. The number of nitrogens with one attached hydrogen (secondary N) is 1. The van der Waals surface area contributed by atoms with Crippen molar-refractivity contribution in [2.24, 2.45) is 0 Å². The summed E-state index contributed by atoms with van der Waals surface area (Å²) in [6.07, 6.45) is 4.71. The van der Waals surface area contributed by atoms with Gasteiger partial charge in [-0.05, 0) is 19.8 Å². The van der Waals surface area contributed by atoms with Crippen molar-refractivity contribution < 1.29 is 9.53 Å². The summed E-state index contributed by atoms with van der Waals surface area (Å²) in [5.74, 6) is 0. The Morgan fingerprint density at radius 3 is 3.00 bits per heavy atom. The number of rotatable bonds is 2. The minimum atomic E-state index is -0.166. The van der Waals surface area contributed by atoms with E-state index in [1.165, 1.54) is 11.4 Å². The minimum absolute atomic E-state index is 0.166. The SMILES string of the molecule is CCOC(=O)N1CCC(N2CCc3nc[nH]c3C2)CC1. The van der Waals surface area contributed by atoms with Crippen molar-refractivity contribution >= 4 is 6.09 Å². The number of carbonyl (C=O) groups is 1. The van der Waals surface area contributed by atoms with E-state index >= 15 is 0 Å². The third-order valence-electron chi connectivity index (χ3n) is 4.31. The van der Waals surface area contributed by atoms with E-state index in [9.17, 15) is 4.79 Å². The number of H-pyrrole nitrogens is 1. The molecule has 1 amide bonds. The molecule has 0 saturated carbocycles. The molecule has 3 rings (SSSR count). The van der Waals surface area contributed by atoms with E-state index in [0.29, 0.717) is 12.6 Å². The molecular formula is C14H22N4O2. The maximum atomic E-state index is 11.7. The zero-order valence-electron chi connectivity index (χ0n) is 12.0. The molecule has 0 atom stereocenters. The van der Waals surface area contributed by atoms with Crippen molar-refractivity contribution in [1.82, 2.24) is 19.8 Å². The number of aromatic amines is 1. The molecule has 2 aliphatic heterocycles. The molecule has 1 aromatic heterocycles. The molecule has 6 nitrogen and oxygen atoms in total. The Morgan fingerprint density at radius 2 is 2.25 bits per heavy atom. The zero-order chi connectivity index (χ0) is 13.9. The number of aromatic nitrogens is 2. The van der Waals surface area contributed by atoms with Crippen molar-refractivity contribution in [3.05, 3.63) is 17.7 Å². The number of likely N-dealkylation sites (tertiary alicyclic amines) is 1. The van der Waals surface area contributed by atoms with Crippen LogP contribution in [-0.2, 0) is 17.7 Å². The summed E-state index contributed by atoms with van der Waals surface area (Å²) in [6, 6.07) is 0.567. The van der Waals surface area contributed by atoms with E-state index < -0.39 is 0 Å². The number of nitrogens with zero attached hydrogens (tertiary/aromatic N) is 3. The lowest BCUT2D eigenvalue weighted by molar-refractivity contribution is 0.0701. The number of hydrogen-bond donors (Lipinski definition) is 1. The molecule has 1 saturated heterocycles. The fraction of sp³-hybridized carbons (Fsp3) is 0.714. The van der Waals surface area contributed by atoms with E-state index in [0.717, 1.165) is 45.4 Å². The largest absolute Gasteiger partial charge is 0.450 e. The Bertz CT molecular complexity index is 465. The van der Waals surface area contributed by atoms with Crippen molar-refractivity contribution in [1.29, 1.82) is 0 Å². The third kappa shape index (κ3) is 2.65. The maximum absolute atomic E-state index is 11.7. The van der Waals surface area contributed by atoms with E-state index in [2.05, 4.69) is 14.9 Å². The first-order chi connectivity index (χ1) is 9.78. The first-order valence-electron chi connectivity index (χ1n) is 7.44. The Morgan fingerprint density at radius 1 is 1.45 bits per heavy atom. The van der Waals surface area contributed by atoms with E-state index in [1.807, 2.05) is 11.8 Å². The molecule has 6 heteroatoms. The summed E-state index contributed by atoms with van der Waals surface area (Å²) in [5, 5.41) is 0. The van der Waals surface area contributed by atoms with Gasteiger partial charge in [0.25, 0.3) is 0 Å². The van der Waals surface area contributed by atoms with Crippen LogP contribution in [0.4, 0.5) is 4.79 Å². The second-order valence-corrected chi connectivity index (χ2v) is 5.47. The van der Waals surface area contributed by atoms with Crippen LogP contribution in [-0.4, -0.2) is 58.1 Å². The standard InChI is InChI=1S/C14H22N4O2/c1-2-20-14(19)17-6-3-11(4-7-17)18-8-5-12-13(9-18)16-10-15-12/h10-11H,2-9H2,1H3,(H,15,16). The molecule has 3 heterocycles. The monoisotopic (exact) mass is 278 g/mol. The number of ether oxygens (including phenoxy) is 1. The number of imidazole rings is 1. The summed E-state index contributed by atoms with van der Waals surface area (Å²) in [6.45, 7) is 5.93. The number of piperidine rings is 1. The molecule has 1 fully saturated rings. The normalized spacial score (nSPS) is 20.8. The Labute approximate surface area is 119 Å². The van der Waals surface area contributed by atoms with Crippen LogP contribution in [0, 0.1) is 0 Å². The van der Waals surface area contributed by atoms with Crippen LogP contribution in [0.2, 0.25) is 0 Å². The lowest BCUT2D eigenvalue weighted by Crippen LogP contribution is -2.48. The van der Waals surface area contributed by atoms with Crippen LogP contribution >= 0.6 is 0 Å². The first kappa shape index (κ1) is 13.4. The van der Waals surface area contributed by atoms with Crippen molar-refractivity contribution in [2.75, 3.05) is 26.2 Å². The average molecular weight is 278 g/mol. The van der Waals surface area contributed by atoms with E-state index in [-0.39, 0.29) is 6.09 Å². The van der Waals surface area contributed by atoms with Gasteiger partial charge in [0.05, 0.1) is 24.3 Å². The van der Waals surface area contributed by atoms with Gasteiger partial charge in [0.15, 0.2) is 0 Å². The first-order valence-corrected chi connectivity index (χ1v) is 7.44. The van der Waals surface area contributed by atoms with Gasteiger partial charge in [-0.15, -0.1) is 0 Å². The fourth-order valence-corrected chi connectivity index (χ4v) is 3.17. The quantitative estimate of drug-likeness (QED) is 0.888. The van der Waals surface area contributed by atoms with Gasteiger partial charge in [0.2, 0.25) is 0 Å². The molecule has 0 spiro atoms. The van der Waals surface area contributed by atoms with Gasteiger partial charge >= 0.3 is 6.09 Å². The van der Waals surface area contributed by atoms with Crippen LogP contribution in [0.3, 0.4) is 0 Å². The molecular weight excluding hydrogens is 256 g/mol. The van der Waals surface area contributed by atoms with Gasteiger partial charge in [-0.2, -0.15) is 0 Å². The summed E-state index contributed by atoms with van der Waals surface area (Å²) in [5.41, 5.74) is 2.47. The van der Waals surface area contributed by atoms with Gasteiger partial charge in [0.1, 0.15) is 0 Å². The van der Waals surface area contributed by atoms with Gasteiger partial charge in [0, 0.05) is 38.6 Å². The van der Waals surface area contributed by atoms with Crippen molar-refractivity contribution in [3.63, 3.8) is 0 Å². The van der Waals surface area contributed by atoms with Crippen LogP contribution in [0.5, 0.6) is 0 Å². The summed E-state index contributed by atoms with van der Waals surface area (Å²) in [4.78, 5) is 23.6. The van der Waals surface area contributed by atoms with Crippen LogP contribution < -0.4 is 0 Å². The molecule has 0 aliphatic carbocycles. The summed E-state index contributed by atoms with van der Waals surface area (Å²) < 4.78 is 5.06. The number of amides is 1. The van der Waals surface area contributed by atoms with Crippen molar-refractivity contribution in [2.45, 2.75) is 38.8 Å². The summed E-state index contributed by atoms with van der Waals surface area (Å²) in [7, 11) is 0. The second-order valence-electron chi connectivity index (χ2n) is 5.47. The predicted octanol–water partition coefficient (Wildman–Crippen LogP) is 1.39. The Balaban J connectivity index is 1.53. The van der Waals surface area contributed by atoms with Gasteiger partial charge in [-0.3, -0.25) is 4.90 Å². The van der Waals surface area contributed by atoms with Crippen LogP contribution in [0.25, 0.3) is 0 Å². The van der Waals surface area contributed by atoms with Gasteiger partial charge < -0.3 is 14.6 Å². The predicted molar refractivity (Wildman–Crippen MR) is 74.3 cm³/mol. The molecule has 1 N–H and O–H groups in total. The van der Waals surface area contributed by atoms with E-state index in [4.69, 9.17) is 4.74 Å². The highest BCUT2D eigenvalue weighted by Gasteiger charge is 2.29. The van der Waals surface area contributed by atoms with Crippen LogP contribution in [0.1, 0.15) is 31.2 Å². The summed E-state index contributed by atoms with van der Waals surface area (Å²) >= 11 is 0. The molecule has 0 aromatic carbocycles. The fourth-order valence-electron chi connectivity index (χ4n) is 3.17. The Hall–Kier alpha value is -1.56. The highest BCUT2D eigenvalue weighted by Crippen LogP contribution is 2.23. The highest BCUT2D eigenvalue weighted by atomic mass is 16.6. The third-order valence-corrected chi connectivity index (χ3v) is 4.31. The zero-order valence-corrected chi connectivity index (χ0v) is 12.0. The second kappa shape index (κ2) is 5.83. The molecule has 20 heavy (non-hydrogen) atoms. The van der Waals surface area contributed by atoms with Gasteiger partial charge in [-0.1, -0.05) is 0 Å². The number of fused-ring (bicyclic) bond motifs is 1. The average Bonchev–Trinajstić information content (AvgIpc) is 2.95. The maximum Gasteiger partial charge on any atom is 0.409 e. The van der Waals surface area contributed by atoms with Crippen molar-refractivity contribution in [3.8, 4) is 0 Å². The van der Waals surface area contributed by atoms with E-state index in [1.54, 1.807) is 6.33 Å². The molecule has 2 aliphatic rings. The minimum Gasteiger partial charge on any atom is -0.450 e. The molecule has 110 valence electrons. The topological polar surface area (TPSA) is 61.5 Å². The smallest absolute Gasteiger partial charge is 0.409 e. The van der Waals surface area contributed by atoms with Gasteiger partial charge in [-0.25, -0.2) is 9.78 Å². The number of carbonyl (C=O) groups excluding carboxylic acids is 1. The number of hydrogen-bond acceptors (Lipinski definition) is 4. The lowest BCUT2D eigenvalue weighted by Gasteiger charge is -2.39. The lowest BCUT2D eigenvalue weighted by atomic mass is 10.0.